The van der Waals surface area contributed by atoms with Gasteiger partial charge in [0.15, 0.2) is 5.88 Å². The first-order valence-corrected chi connectivity index (χ1v) is 10.7. The average molecular weight is 399 g/mol. The number of para-hydroxylation sites is 1. The Bertz CT molecular complexity index is 1150. The molecule has 2 aliphatic heterocycles. The number of nitrogens with one attached hydrogen (secondary N) is 2. The molecule has 2 N–H and O–H groups in total. The lowest BCUT2D eigenvalue weighted by Gasteiger charge is -2.32. The van der Waals surface area contributed by atoms with Crippen molar-refractivity contribution in [3.05, 3.63) is 82.9 Å². The van der Waals surface area contributed by atoms with Gasteiger partial charge >= 0.3 is 0 Å². The summed E-state index contributed by atoms with van der Waals surface area (Å²) in [4.78, 5) is 8.60. The van der Waals surface area contributed by atoms with Crippen LogP contribution in [0, 0.1) is 5.92 Å². The molecule has 3 aromatic rings. The van der Waals surface area contributed by atoms with Gasteiger partial charge in [-0.1, -0.05) is 48.5 Å². The Balaban J connectivity index is 1.36. The van der Waals surface area contributed by atoms with Crippen LogP contribution in [0.5, 0.6) is 0 Å². The third-order valence-electron chi connectivity index (χ3n) is 6.62. The predicted molar refractivity (Wildman–Crippen MR) is 117 cm³/mol. The van der Waals surface area contributed by atoms with E-state index < -0.39 is 0 Å². The Morgan fingerprint density at radius 1 is 1.10 bits per heavy atom. The molecule has 5 nitrogen and oxygen atoms in total. The molecule has 0 amide bonds. The first kappa shape index (κ1) is 17.8. The van der Waals surface area contributed by atoms with Gasteiger partial charge in [-0.25, -0.2) is 0 Å². The van der Waals surface area contributed by atoms with E-state index in [2.05, 4.69) is 58.8 Å². The standard InChI is InChI=1S/C25H25N3O2/c1-29-14-22-24(15-7-3-2-4-8-15)30-25(28-22)18-13-26-20-11-16(18)12-21-23(20)17-9-5-6-10-19(17)27-21/h2-10,13,16,20,22,24,27-28H,11-12,14H2,1H3/b25-18+/t16-,20+,22-,24-/m0/s1. The summed E-state index contributed by atoms with van der Waals surface area (Å²) in [5.41, 5.74) is 6.24. The number of hydrogen-bond donors (Lipinski definition) is 2. The lowest BCUT2D eigenvalue weighted by atomic mass is 9.78. The molecule has 4 atom stereocenters. The van der Waals surface area contributed by atoms with E-state index in [4.69, 9.17) is 14.5 Å². The highest BCUT2D eigenvalue weighted by Gasteiger charge is 2.39. The first-order chi connectivity index (χ1) is 14.8. The maximum atomic E-state index is 6.48. The number of allylic oxidation sites excluding steroid dienone is 1. The second-order valence-electron chi connectivity index (χ2n) is 8.43. The molecule has 0 spiro atoms. The summed E-state index contributed by atoms with van der Waals surface area (Å²) in [7, 11) is 1.74. The van der Waals surface area contributed by atoms with Crippen molar-refractivity contribution in [3.8, 4) is 0 Å². The van der Waals surface area contributed by atoms with Crippen molar-refractivity contribution in [2.45, 2.75) is 31.0 Å². The van der Waals surface area contributed by atoms with Crippen molar-refractivity contribution in [1.29, 1.82) is 0 Å². The van der Waals surface area contributed by atoms with Gasteiger partial charge in [0.05, 0.1) is 18.7 Å². The summed E-state index contributed by atoms with van der Waals surface area (Å²) in [6.45, 7) is 0.590. The van der Waals surface area contributed by atoms with E-state index in [-0.39, 0.29) is 18.2 Å². The quantitative estimate of drug-likeness (QED) is 0.684. The molecule has 6 rings (SSSR count). The zero-order valence-corrected chi connectivity index (χ0v) is 17.0. The Morgan fingerprint density at radius 2 is 1.93 bits per heavy atom. The van der Waals surface area contributed by atoms with E-state index in [0.29, 0.717) is 12.5 Å². The van der Waals surface area contributed by atoms with E-state index in [1.165, 1.54) is 27.7 Å². The van der Waals surface area contributed by atoms with E-state index >= 15 is 0 Å². The van der Waals surface area contributed by atoms with Crippen molar-refractivity contribution in [3.63, 3.8) is 0 Å². The Morgan fingerprint density at radius 3 is 2.80 bits per heavy atom. The smallest absolute Gasteiger partial charge is 0.192 e. The molecule has 5 heteroatoms. The highest BCUT2D eigenvalue weighted by Crippen LogP contribution is 2.46. The number of hydrogen-bond acceptors (Lipinski definition) is 4. The molecular formula is C25H25N3O2. The van der Waals surface area contributed by atoms with Crippen LogP contribution in [-0.2, 0) is 15.9 Å². The number of aliphatic imine (C=N–C) groups is 1. The highest BCUT2D eigenvalue weighted by atomic mass is 16.5. The minimum Gasteiger partial charge on any atom is -0.469 e. The number of benzene rings is 2. The lowest BCUT2D eigenvalue weighted by molar-refractivity contribution is 0.105. The van der Waals surface area contributed by atoms with Crippen LogP contribution in [0.2, 0.25) is 0 Å². The zero-order chi connectivity index (χ0) is 20.1. The van der Waals surface area contributed by atoms with Crippen molar-refractivity contribution in [2.24, 2.45) is 10.9 Å². The fourth-order valence-electron chi connectivity index (χ4n) is 5.26. The molecule has 2 bridgehead atoms. The van der Waals surface area contributed by atoms with Gasteiger partial charge < -0.3 is 19.8 Å². The third-order valence-corrected chi connectivity index (χ3v) is 6.62. The Kier molecular flexibility index (Phi) is 4.16. The third kappa shape index (κ3) is 2.76. The van der Waals surface area contributed by atoms with Gasteiger partial charge in [0.2, 0.25) is 0 Å². The van der Waals surface area contributed by atoms with E-state index in [0.717, 1.165) is 24.3 Å². The van der Waals surface area contributed by atoms with Crippen molar-refractivity contribution >= 4 is 17.1 Å². The maximum absolute atomic E-state index is 6.48. The fourth-order valence-corrected chi connectivity index (χ4v) is 5.26. The van der Waals surface area contributed by atoms with Crippen molar-refractivity contribution in [2.75, 3.05) is 13.7 Å². The highest BCUT2D eigenvalue weighted by molar-refractivity contribution is 5.88. The van der Waals surface area contributed by atoms with E-state index in [1.54, 1.807) is 7.11 Å². The van der Waals surface area contributed by atoms with Gasteiger partial charge in [-0.15, -0.1) is 0 Å². The summed E-state index contributed by atoms with van der Waals surface area (Å²) >= 11 is 0. The molecule has 2 aromatic carbocycles. The van der Waals surface area contributed by atoms with Gasteiger partial charge in [0.1, 0.15) is 6.10 Å². The van der Waals surface area contributed by atoms with Gasteiger partial charge in [-0.3, -0.25) is 4.99 Å². The monoisotopic (exact) mass is 399 g/mol. The molecule has 3 aliphatic rings. The van der Waals surface area contributed by atoms with Crippen LogP contribution >= 0.6 is 0 Å². The van der Waals surface area contributed by atoms with Crippen LogP contribution in [-0.4, -0.2) is 31.0 Å². The molecule has 0 radical (unpaired) electrons. The number of aromatic amines is 1. The van der Waals surface area contributed by atoms with Crippen molar-refractivity contribution < 1.29 is 9.47 Å². The molecular weight excluding hydrogens is 374 g/mol. The number of nitrogens with zero attached hydrogens (tertiary/aromatic N) is 1. The molecule has 3 heterocycles. The average Bonchev–Trinajstić information content (AvgIpc) is 3.36. The van der Waals surface area contributed by atoms with Crippen LogP contribution in [0.15, 0.2) is 71.0 Å². The SMILES string of the molecule is COC[C@@H]1N/C(=C2/C=N[C@@H]3C[C@H]2Cc2[nH]c4ccccc4c23)O[C@H]1c1ccccc1. The molecule has 152 valence electrons. The molecule has 1 fully saturated rings. The molecule has 30 heavy (non-hydrogen) atoms. The van der Waals surface area contributed by atoms with Gasteiger partial charge in [0, 0.05) is 41.1 Å². The number of ether oxygens (including phenoxy) is 2. The van der Waals surface area contributed by atoms with Gasteiger partial charge in [-0.2, -0.15) is 0 Å². The Labute approximate surface area is 175 Å². The molecule has 1 saturated heterocycles. The number of fused-ring (bicyclic) bond motifs is 6. The van der Waals surface area contributed by atoms with E-state index in [9.17, 15) is 0 Å². The van der Waals surface area contributed by atoms with Gasteiger partial charge in [-0.05, 0) is 30.4 Å². The minimum atomic E-state index is -0.0630. The summed E-state index contributed by atoms with van der Waals surface area (Å²) in [5.74, 6) is 1.26. The van der Waals surface area contributed by atoms with Crippen LogP contribution in [0.1, 0.15) is 35.4 Å². The summed E-state index contributed by atoms with van der Waals surface area (Å²) in [6, 6.07) is 19.2. The summed E-state index contributed by atoms with van der Waals surface area (Å²) in [6.07, 6.45) is 4.00. The first-order valence-electron chi connectivity index (χ1n) is 10.7. The zero-order valence-electron chi connectivity index (χ0n) is 17.0. The lowest BCUT2D eigenvalue weighted by Crippen LogP contribution is -2.32. The molecule has 1 aliphatic carbocycles. The number of aromatic nitrogens is 1. The maximum Gasteiger partial charge on any atom is 0.192 e. The van der Waals surface area contributed by atoms with Crippen LogP contribution in [0.25, 0.3) is 10.9 Å². The Hall–Kier alpha value is -3.05. The number of rotatable bonds is 3. The summed E-state index contributed by atoms with van der Waals surface area (Å²) in [5, 5.41) is 4.90. The second-order valence-corrected chi connectivity index (χ2v) is 8.43. The second kappa shape index (κ2) is 7.03. The van der Waals surface area contributed by atoms with E-state index in [1.807, 2.05) is 12.3 Å². The normalized spacial score (nSPS) is 29.5. The molecule has 0 saturated carbocycles. The van der Waals surface area contributed by atoms with Gasteiger partial charge in [0.25, 0.3) is 0 Å². The molecule has 0 unspecified atom stereocenters. The summed E-state index contributed by atoms with van der Waals surface area (Å²) < 4.78 is 11.9. The predicted octanol–water partition coefficient (Wildman–Crippen LogP) is 4.44. The minimum absolute atomic E-state index is 0.0630. The van der Waals surface area contributed by atoms with Crippen LogP contribution < -0.4 is 5.32 Å². The number of H-pyrrole nitrogens is 1. The molecule has 1 aromatic heterocycles. The van der Waals surface area contributed by atoms with Crippen LogP contribution in [0.3, 0.4) is 0 Å². The van der Waals surface area contributed by atoms with Crippen LogP contribution in [0.4, 0.5) is 0 Å². The largest absolute Gasteiger partial charge is 0.469 e. The van der Waals surface area contributed by atoms with Crippen molar-refractivity contribution in [1.82, 2.24) is 10.3 Å². The fraction of sp³-hybridized carbons (Fsp3) is 0.320. The number of methoxy groups -OCH3 is 1. The topological polar surface area (TPSA) is 58.6 Å².